The summed E-state index contributed by atoms with van der Waals surface area (Å²) in [5.41, 5.74) is -0.693. The molecule has 19 heavy (non-hydrogen) atoms. The van der Waals surface area contributed by atoms with Gasteiger partial charge in [0.2, 0.25) is 0 Å². The summed E-state index contributed by atoms with van der Waals surface area (Å²) in [6, 6.07) is 3.30. The second kappa shape index (κ2) is 4.80. The summed E-state index contributed by atoms with van der Waals surface area (Å²) in [4.78, 5) is 28.9. The van der Waals surface area contributed by atoms with Crippen molar-refractivity contribution in [1.82, 2.24) is 4.98 Å². The van der Waals surface area contributed by atoms with Crippen LogP contribution in [0.15, 0.2) is 16.7 Å². The molecule has 0 aromatic carbocycles. The second-order valence-corrected chi connectivity index (χ2v) is 5.77. The van der Waals surface area contributed by atoms with Gasteiger partial charge in [-0.25, -0.2) is 9.78 Å². The van der Waals surface area contributed by atoms with Crippen molar-refractivity contribution in [1.29, 1.82) is 0 Å². The third-order valence-electron chi connectivity index (χ3n) is 2.19. The molecular formula is C12H13BrN2O4. The number of ether oxygens (including phenoxy) is 2. The molecule has 0 bridgehead atoms. The zero-order chi connectivity index (χ0) is 14.2. The number of nitrogens with zero attached hydrogens (tertiary/aromatic N) is 2. The van der Waals surface area contributed by atoms with Crippen molar-refractivity contribution in [3.63, 3.8) is 0 Å². The number of amides is 2. The zero-order valence-electron chi connectivity index (χ0n) is 10.8. The van der Waals surface area contributed by atoms with Crippen LogP contribution in [0, 0.1) is 0 Å². The van der Waals surface area contributed by atoms with Gasteiger partial charge < -0.3 is 9.47 Å². The van der Waals surface area contributed by atoms with Gasteiger partial charge in [-0.1, -0.05) is 0 Å². The molecule has 1 aliphatic rings. The van der Waals surface area contributed by atoms with Crippen LogP contribution in [0.5, 0.6) is 5.75 Å². The lowest BCUT2D eigenvalue weighted by molar-refractivity contribution is -0.121. The van der Waals surface area contributed by atoms with Gasteiger partial charge in [-0.15, -0.1) is 0 Å². The lowest BCUT2D eigenvalue weighted by Crippen LogP contribution is -2.46. The molecule has 0 aliphatic carbocycles. The quantitative estimate of drug-likeness (QED) is 0.684. The van der Waals surface area contributed by atoms with E-state index in [-0.39, 0.29) is 12.4 Å². The summed E-state index contributed by atoms with van der Waals surface area (Å²) >= 11 is 3.19. The molecule has 6 nitrogen and oxygen atoms in total. The van der Waals surface area contributed by atoms with Crippen LogP contribution in [-0.4, -0.2) is 29.2 Å². The smallest absolute Gasteiger partial charge is 0.423 e. The van der Waals surface area contributed by atoms with E-state index in [4.69, 9.17) is 9.47 Å². The third kappa shape index (κ3) is 3.04. The van der Waals surface area contributed by atoms with E-state index < -0.39 is 17.6 Å². The van der Waals surface area contributed by atoms with E-state index in [1.807, 2.05) is 0 Å². The van der Waals surface area contributed by atoms with Crippen LogP contribution in [0.3, 0.4) is 0 Å². The van der Waals surface area contributed by atoms with Crippen LogP contribution >= 0.6 is 15.9 Å². The van der Waals surface area contributed by atoms with Crippen molar-refractivity contribution in [2.75, 3.05) is 11.5 Å². The fraction of sp³-hybridized carbons (Fsp3) is 0.417. The van der Waals surface area contributed by atoms with E-state index in [0.29, 0.717) is 10.4 Å². The van der Waals surface area contributed by atoms with Crippen LogP contribution < -0.4 is 9.64 Å². The van der Waals surface area contributed by atoms with Gasteiger partial charge in [0.05, 0.1) is 0 Å². The molecule has 0 saturated heterocycles. The Morgan fingerprint density at radius 3 is 2.79 bits per heavy atom. The number of fused-ring (bicyclic) bond motifs is 1. The molecule has 2 rings (SSSR count). The molecule has 1 aromatic rings. The molecule has 0 N–H and O–H groups in total. The highest BCUT2D eigenvalue weighted by molar-refractivity contribution is 9.10. The molecule has 2 amide bonds. The van der Waals surface area contributed by atoms with Crippen molar-refractivity contribution in [3.8, 4) is 5.75 Å². The Labute approximate surface area is 118 Å². The minimum atomic E-state index is -0.757. The van der Waals surface area contributed by atoms with Crippen LogP contribution in [0.2, 0.25) is 0 Å². The molecule has 7 heteroatoms. The monoisotopic (exact) mass is 328 g/mol. The maximum Gasteiger partial charge on any atom is 0.423 e. The first-order valence-corrected chi connectivity index (χ1v) is 6.42. The maximum absolute atomic E-state index is 12.1. The van der Waals surface area contributed by atoms with E-state index >= 15 is 0 Å². The predicted molar refractivity (Wildman–Crippen MR) is 71.2 cm³/mol. The Balaban J connectivity index is 2.37. The van der Waals surface area contributed by atoms with E-state index in [0.717, 1.165) is 4.90 Å². The lowest BCUT2D eigenvalue weighted by atomic mass is 10.2. The number of anilines is 1. The van der Waals surface area contributed by atoms with E-state index in [1.165, 1.54) is 0 Å². The third-order valence-corrected chi connectivity index (χ3v) is 2.64. The SMILES string of the molecule is CC(C)(C)OC(=O)N1C(=O)COc2ccc(Br)nc21. The fourth-order valence-electron chi connectivity index (χ4n) is 1.50. The van der Waals surface area contributed by atoms with Gasteiger partial charge in [-0.2, -0.15) is 4.90 Å². The van der Waals surface area contributed by atoms with Gasteiger partial charge in [-0.3, -0.25) is 4.79 Å². The number of imide groups is 1. The van der Waals surface area contributed by atoms with Crippen LogP contribution in [0.1, 0.15) is 20.8 Å². The van der Waals surface area contributed by atoms with Crippen molar-refractivity contribution in [2.24, 2.45) is 0 Å². The normalized spacial score (nSPS) is 14.7. The van der Waals surface area contributed by atoms with Crippen LogP contribution in [0.4, 0.5) is 10.6 Å². The first kappa shape index (κ1) is 13.8. The van der Waals surface area contributed by atoms with Gasteiger partial charge in [0.25, 0.3) is 5.91 Å². The number of carbonyl (C=O) groups is 2. The van der Waals surface area contributed by atoms with Gasteiger partial charge in [-0.05, 0) is 48.8 Å². The number of halogens is 1. The number of aromatic nitrogens is 1. The number of hydrogen-bond acceptors (Lipinski definition) is 5. The number of carbonyl (C=O) groups excluding carboxylic acids is 2. The Kier molecular flexibility index (Phi) is 3.49. The lowest BCUT2D eigenvalue weighted by Gasteiger charge is -2.29. The highest BCUT2D eigenvalue weighted by atomic mass is 79.9. The van der Waals surface area contributed by atoms with Crippen molar-refractivity contribution >= 4 is 33.7 Å². The molecule has 0 radical (unpaired) electrons. The summed E-state index contributed by atoms with van der Waals surface area (Å²) in [5, 5.41) is 0. The molecular weight excluding hydrogens is 316 g/mol. The van der Waals surface area contributed by atoms with Gasteiger partial charge in [0.1, 0.15) is 10.2 Å². The van der Waals surface area contributed by atoms with E-state index in [1.54, 1.807) is 32.9 Å². The summed E-state index contributed by atoms with van der Waals surface area (Å²) in [7, 11) is 0. The Morgan fingerprint density at radius 2 is 2.16 bits per heavy atom. The molecule has 0 fully saturated rings. The van der Waals surface area contributed by atoms with Crippen molar-refractivity contribution in [2.45, 2.75) is 26.4 Å². The standard InChI is InChI=1S/C12H13BrN2O4/c1-12(2,3)19-11(17)15-9(16)6-18-7-4-5-8(13)14-10(7)15/h4-5H,6H2,1-3H3. The Bertz CT molecular complexity index is 539. The molecule has 2 heterocycles. The molecule has 1 aromatic heterocycles. The van der Waals surface area contributed by atoms with Crippen molar-refractivity contribution in [3.05, 3.63) is 16.7 Å². The van der Waals surface area contributed by atoms with E-state index in [2.05, 4.69) is 20.9 Å². The summed E-state index contributed by atoms with van der Waals surface area (Å²) in [6.45, 7) is 4.97. The second-order valence-electron chi connectivity index (χ2n) is 4.95. The Morgan fingerprint density at radius 1 is 1.47 bits per heavy atom. The van der Waals surface area contributed by atoms with Crippen molar-refractivity contribution < 1.29 is 19.1 Å². The predicted octanol–water partition coefficient (Wildman–Crippen LogP) is 2.50. The van der Waals surface area contributed by atoms with Crippen LogP contribution in [0.25, 0.3) is 0 Å². The number of pyridine rings is 1. The average Bonchev–Trinajstić information content (AvgIpc) is 2.25. The number of rotatable bonds is 0. The highest BCUT2D eigenvalue weighted by Gasteiger charge is 2.35. The highest BCUT2D eigenvalue weighted by Crippen LogP contribution is 2.32. The molecule has 0 spiro atoms. The number of hydrogen-bond donors (Lipinski definition) is 0. The fourth-order valence-corrected chi connectivity index (χ4v) is 1.80. The maximum atomic E-state index is 12.1. The minimum absolute atomic E-state index is 0.139. The largest absolute Gasteiger partial charge is 0.480 e. The summed E-state index contributed by atoms with van der Waals surface area (Å²) in [5.74, 6) is 0.000819. The molecule has 0 atom stereocenters. The minimum Gasteiger partial charge on any atom is -0.480 e. The average molecular weight is 329 g/mol. The molecule has 102 valence electrons. The molecule has 1 aliphatic heterocycles. The summed E-state index contributed by atoms with van der Waals surface area (Å²) in [6.07, 6.45) is -0.757. The first-order chi connectivity index (χ1) is 8.78. The van der Waals surface area contributed by atoms with Gasteiger partial charge in [0, 0.05) is 0 Å². The topological polar surface area (TPSA) is 68.7 Å². The van der Waals surface area contributed by atoms with E-state index in [9.17, 15) is 9.59 Å². The van der Waals surface area contributed by atoms with Gasteiger partial charge >= 0.3 is 6.09 Å². The Hall–Kier alpha value is -1.63. The molecule has 0 unspecified atom stereocenters. The van der Waals surface area contributed by atoms with Crippen LogP contribution in [-0.2, 0) is 9.53 Å². The zero-order valence-corrected chi connectivity index (χ0v) is 12.4. The summed E-state index contributed by atoms with van der Waals surface area (Å²) < 4.78 is 10.9. The molecule has 0 saturated carbocycles. The first-order valence-electron chi connectivity index (χ1n) is 5.63. The van der Waals surface area contributed by atoms with Gasteiger partial charge in [0.15, 0.2) is 18.2 Å².